The molecule has 0 unspecified atom stereocenters. The van der Waals surface area contributed by atoms with Gasteiger partial charge in [0.05, 0.1) is 16.2 Å². The van der Waals surface area contributed by atoms with E-state index in [0.717, 1.165) is 32.4 Å². The van der Waals surface area contributed by atoms with Crippen LogP contribution in [0.5, 0.6) is 0 Å². The Morgan fingerprint density at radius 2 is 1.73 bits per heavy atom. The SMILES string of the molecule is Cc1noc(C)c1S(=O)(=O)N1CCN(C(=O)c2cc([N+](=O)[O-])ccc2N2CCCCC2)CC1. The van der Waals surface area contributed by atoms with E-state index in [0.29, 0.717) is 11.4 Å². The van der Waals surface area contributed by atoms with Crippen LogP contribution in [0.25, 0.3) is 0 Å². The predicted octanol–water partition coefficient (Wildman–Crippen LogP) is 2.34. The van der Waals surface area contributed by atoms with Gasteiger partial charge in [0, 0.05) is 51.4 Å². The van der Waals surface area contributed by atoms with Gasteiger partial charge in [0.25, 0.3) is 11.6 Å². The summed E-state index contributed by atoms with van der Waals surface area (Å²) in [5.41, 5.74) is 1.14. The fourth-order valence-corrected chi connectivity index (χ4v) is 6.21. The molecule has 178 valence electrons. The van der Waals surface area contributed by atoms with Gasteiger partial charge in [0.15, 0.2) is 5.76 Å². The molecule has 0 spiro atoms. The van der Waals surface area contributed by atoms with E-state index in [1.807, 2.05) is 0 Å². The Balaban J connectivity index is 1.55. The first-order chi connectivity index (χ1) is 15.7. The minimum Gasteiger partial charge on any atom is -0.371 e. The van der Waals surface area contributed by atoms with E-state index in [4.69, 9.17) is 4.52 Å². The average molecular weight is 478 g/mol. The van der Waals surface area contributed by atoms with Gasteiger partial charge < -0.3 is 14.3 Å². The normalized spacial score (nSPS) is 17.9. The second kappa shape index (κ2) is 9.10. The Bertz CT molecular complexity index is 1140. The van der Waals surface area contributed by atoms with Crippen LogP contribution in [0.3, 0.4) is 0 Å². The van der Waals surface area contributed by atoms with E-state index in [-0.39, 0.29) is 54.0 Å². The summed E-state index contributed by atoms with van der Waals surface area (Å²) in [5.74, 6) is -0.0950. The van der Waals surface area contributed by atoms with Crippen molar-refractivity contribution < 1.29 is 22.7 Å². The van der Waals surface area contributed by atoms with E-state index < -0.39 is 14.9 Å². The van der Waals surface area contributed by atoms with Crippen molar-refractivity contribution in [1.29, 1.82) is 0 Å². The van der Waals surface area contributed by atoms with Crippen molar-refractivity contribution in [2.24, 2.45) is 0 Å². The number of nitrogens with zero attached hydrogens (tertiary/aromatic N) is 5. The van der Waals surface area contributed by atoms with Crippen LogP contribution >= 0.6 is 0 Å². The number of aryl methyl sites for hydroxylation is 2. The molecule has 3 heterocycles. The van der Waals surface area contributed by atoms with Crippen LogP contribution in [0.1, 0.15) is 41.1 Å². The Labute approximate surface area is 192 Å². The van der Waals surface area contributed by atoms with E-state index >= 15 is 0 Å². The number of nitro benzene ring substituents is 1. The molecule has 1 aromatic carbocycles. The molecule has 1 amide bonds. The molecule has 0 bridgehead atoms. The molecule has 0 radical (unpaired) electrons. The number of rotatable bonds is 5. The third kappa shape index (κ3) is 4.44. The van der Waals surface area contributed by atoms with Crippen LogP contribution in [0.4, 0.5) is 11.4 Å². The van der Waals surface area contributed by atoms with Crippen LogP contribution in [-0.4, -0.2) is 72.9 Å². The van der Waals surface area contributed by atoms with Gasteiger partial charge in [0.1, 0.15) is 10.6 Å². The molecule has 4 rings (SSSR count). The lowest BCUT2D eigenvalue weighted by atomic mass is 10.0. The topological polar surface area (TPSA) is 130 Å². The molecular weight excluding hydrogens is 450 g/mol. The molecule has 2 aliphatic rings. The number of piperidine rings is 1. The zero-order chi connectivity index (χ0) is 23.8. The minimum absolute atomic E-state index is 0.0633. The number of nitro groups is 1. The number of carbonyl (C=O) groups excluding carboxylic acids is 1. The lowest BCUT2D eigenvalue weighted by Gasteiger charge is -2.35. The zero-order valence-electron chi connectivity index (χ0n) is 18.7. The first-order valence-electron chi connectivity index (χ1n) is 11.0. The number of carbonyl (C=O) groups is 1. The lowest BCUT2D eigenvalue weighted by molar-refractivity contribution is -0.384. The lowest BCUT2D eigenvalue weighted by Crippen LogP contribution is -2.50. The van der Waals surface area contributed by atoms with Gasteiger partial charge in [-0.25, -0.2) is 8.42 Å². The average Bonchev–Trinajstić information content (AvgIpc) is 3.17. The standard InChI is InChI=1S/C21H27N5O6S/c1-15-20(16(2)32-22-15)33(30,31)25-12-10-24(11-13-25)21(27)18-14-17(26(28)29)6-7-19(18)23-8-4-3-5-9-23/h6-7,14H,3-5,8-13H2,1-2H3. The Kier molecular flexibility index (Phi) is 6.39. The maximum Gasteiger partial charge on any atom is 0.270 e. The predicted molar refractivity (Wildman–Crippen MR) is 120 cm³/mol. The van der Waals surface area contributed by atoms with Crippen molar-refractivity contribution in [3.63, 3.8) is 0 Å². The Hall–Kier alpha value is -2.99. The Morgan fingerprint density at radius 1 is 1.06 bits per heavy atom. The monoisotopic (exact) mass is 477 g/mol. The van der Waals surface area contributed by atoms with Gasteiger partial charge in [-0.1, -0.05) is 5.16 Å². The highest BCUT2D eigenvalue weighted by Gasteiger charge is 2.35. The zero-order valence-corrected chi connectivity index (χ0v) is 19.5. The van der Waals surface area contributed by atoms with E-state index in [9.17, 15) is 23.3 Å². The number of hydrogen-bond donors (Lipinski definition) is 0. The van der Waals surface area contributed by atoms with Crippen LogP contribution in [0.15, 0.2) is 27.6 Å². The second-order valence-corrected chi connectivity index (χ2v) is 10.2. The molecule has 11 nitrogen and oxygen atoms in total. The maximum absolute atomic E-state index is 13.4. The van der Waals surface area contributed by atoms with Crippen LogP contribution < -0.4 is 4.90 Å². The van der Waals surface area contributed by atoms with Crippen molar-refractivity contribution in [3.8, 4) is 0 Å². The summed E-state index contributed by atoms with van der Waals surface area (Å²) in [6, 6.07) is 4.41. The van der Waals surface area contributed by atoms with Crippen molar-refractivity contribution in [3.05, 3.63) is 45.3 Å². The number of benzene rings is 1. The van der Waals surface area contributed by atoms with Gasteiger partial charge in [-0.2, -0.15) is 4.31 Å². The third-order valence-electron chi connectivity index (χ3n) is 6.21. The van der Waals surface area contributed by atoms with Crippen molar-refractivity contribution in [2.75, 3.05) is 44.2 Å². The van der Waals surface area contributed by atoms with E-state index in [2.05, 4.69) is 10.1 Å². The third-order valence-corrected chi connectivity index (χ3v) is 8.35. The number of non-ortho nitro benzene ring substituents is 1. The van der Waals surface area contributed by atoms with Crippen molar-refractivity contribution in [1.82, 2.24) is 14.4 Å². The smallest absolute Gasteiger partial charge is 0.270 e. The summed E-state index contributed by atoms with van der Waals surface area (Å²) in [7, 11) is -3.80. The fourth-order valence-electron chi connectivity index (χ4n) is 4.49. The van der Waals surface area contributed by atoms with Crippen molar-refractivity contribution >= 4 is 27.3 Å². The van der Waals surface area contributed by atoms with E-state index in [1.54, 1.807) is 24.8 Å². The summed E-state index contributed by atoms with van der Waals surface area (Å²) in [6.07, 6.45) is 3.13. The molecule has 2 saturated heterocycles. The fraction of sp³-hybridized carbons (Fsp3) is 0.524. The summed E-state index contributed by atoms with van der Waals surface area (Å²) >= 11 is 0. The van der Waals surface area contributed by atoms with Gasteiger partial charge in [-0.15, -0.1) is 0 Å². The van der Waals surface area contributed by atoms with Gasteiger partial charge in [0.2, 0.25) is 10.0 Å². The minimum atomic E-state index is -3.80. The molecule has 2 aliphatic heterocycles. The second-order valence-electron chi connectivity index (χ2n) is 8.36. The molecular formula is C21H27N5O6S. The number of amides is 1. The first-order valence-corrected chi connectivity index (χ1v) is 12.4. The molecule has 2 aromatic rings. The number of sulfonamides is 1. The van der Waals surface area contributed by atoms with Crippen LogP contribution in [-0.2, 0) is 10.0 Å². The molecule has 1 aromatic heterocycles. The molecule has 0 atom stereocenters. The number of piperazine rings is 1. The van der Waals surface area contributed by atoms with Crippen LogP contribution in [0.2, 0.25) is 0 Å². The van der Waals surface area contributed by atoms with Gasteiger partial charge in [-0.05, 0) is 39.2 Å². The molecule has 0 aliphatic carbocycles. The largest absolute Gasteiger partial charge is 0.371 e. The molecule has 0 N–H and O–H groups in total. The highest BCUT2D eigenvalue weighted by molar-refractivity contribution is 7.89. The highest BCUT2D eigenvalue weighted by atomic mass is 32.2. The number of hydrogen-bond acceptors (Lipinski definition) is 8. The number of anilines is 1. The summed E-state index contributed by atoms with van der Waals surface area (Å²) < 4.78 is 32.4. The summed E-state index contributed by atoms with van der Waals surface area (Å²) in [6.45, 7) is 5.32. The Morgan fingerprint density at radius 3 is 2.30 bits per heavy atom. The first kappa shape index (κ1) is 23.2. The van der Waals surface area contributed by atoms with Gasteiger partial charge >= 0.3 is 0 Å². The van der Waals surface area contributed by atoms with E-state index in [1.165, 1.54) is 16.4 Å². The molecule has 33 heavy (non-hydrogen) atoms. The maximum atomic E-state index is 13.4. The summed E-state index contributed by atoms with van der Waals surface area (Å²) in [4.78, 5) is 28.0. The highest BCUT2D eigenvalue weighted by Crippen LogP contribution is 2.30. The molecule has 0 saturated carbocycles. The quantitative estimate of drug-likeness (QED) is 0.474. The molecule has 2 fully saturated rings. The number of aromatic nitrogens is 1. The van der Waals surface area contributed by atoms with Crippen LogP contribution in [0, 0.1) is 24.0 Å². The summed E-state index contributed by atoms with van der Waals surface area (Å²) in [5, 5.41) is 15.1. The molecule has 12 heteroatoms. The van der Waals surface area contributed by atoms with Crippen molar-refractivity contribution in [2.45, 2.75) is 38.0 Å². The van der Waals surface area contributed by atoms with Gasteiger partial charge in [-0.3, -0.25) is 14.9 Å².